The van der Waals surface area contributed by atoms with Gasteiger partial charge in [0.1, 0.15) is 0 Å². The van der Waals surface area contributed by atoms with Crippen molar-refractivity contribution in [2.75, 3.05) is 36.4 Å². The molecule has 1 aromatic carbocycles. The van der Waals surface area contributed by atoms with Crippen LogP contribution in [0.1, 0.15) is 17.3 Å². The van der Waals surface area contributed by atoms with Crippen LogP contribution in [-0.2, 0) is 4.79 Å². The Kier molecular flexibility index (Phi) is 5.64. The standard InChI is InChI=1S/C18H18Cl2N4O2/c1-12(25)23-2-4-24(5-3-23)17-6-13(10-21-11-17)18(26)22-16-8-14(19)7-15(20)9-16/h6-11H,2-5H2,1H3,(H,22,26). The minimum Gasteiger partial charge on any atom is -0.367 e. The van der Waals surface area contributed by atoms with Crippen molar-refractivity contribution in [1.82, 2.24) is 9.88 Å². The molecule has 0 aliphatic carbocycles. The molecule has 2 heterocycles. The van der Waals surface area contributed by atoms with E-state index in [9.17, 15) is 9.59 Å². The van der Waals surface area contributed by atoms with Crippen molar-refractivity contribution in [3.8, 4) is 0 Å². The van der Waals surface area contributed by atoms with E-state index >= 15 is 0 Å². The zero-order chi connectivity index (χ0) is 18.7. The van der Waals surface area contributed by atoms with Gasteiger partial charge in [-0.3, -0.25) is 14.6 Å². The molecule has 1 aromatic heterocycles. The highest BCUT2D eigenvalue weighted by molar-refractivity contribution is 6.35. The Labute approximate surface area is 161 Å². The fraction of sp³-hybridized carbons (Fsp3) is 0.278. The lowest BCUT2D eigenvalue weighted by molar-refractivity contribution is -0.129. The van der Waals surface area contributed by atoms with Gasteiger partial charge in [-0.15, -0.1) is 0 Å². The van der Waals surface area contributed by atoms with Crippen molar-refractivity contribution in [2.45, 2.75) is 6.92 Å². The first-order chi connectivity index (χ1) is 12.4. The summed E-state index contributed by atoms with van der Waals surface area (Å²) in [4.78, 5) is 32.0. The van der Waals surface area contributed by atoms with Gasteiger partial charge in [-0.25, -0.2) is 0 Å². The maximum absolute atomic E-state index is 12.5. The molecule has 2 aromatic rings. The number of anilines is 2. The summed E-state index contributed by atoms with van der Waals surface area (Å²) < 4.78 is 0. The molecule has 8 heteroatoms. The largest absolute Gasteiger partial charge is 0.367 e. The first-order valence-corrected chi connectivity index (χ1v) is 8.91. The summed E-state index contributed by atoms with van der Waals surface area (Å²) in [5.74, 6) is -0.212. The minimum atomic E-state index is -0.292. The fourth-order valence-electron chi connectivity index (χ4n) is 2.83. The predicted octanol–water partition coefficient (Wildman–Crippen LogP) is 3.31. The predicted molar refractivity (Wildman–Crippen MR) is 103 cm³/mol. The van der Waals surface area contributed by atoms with Gasteiger partial charge in [0.25, 0.3) is 5.91 Å². The highest BCUT2D eigenvalue weighted by Gasteiger charge is 2.20. The van der Waals surface area contributed by atoms with Crippen LogP contribution >= 0.6 is 23.2 Å². The Bertz CT molecular complexity index is 815. The molecule has 1 saturated heterocycles. The Balaban J connectivity index is 1.71. The van der Waals surface area contributed by atoms with Crippen molar-refractivity contribution >= 4 is 46.4 Å². The summed E-state index contributed by atoms with van der Waals surface area (Å²) in [6, 6.07) is 6.65. The van der Waals surface area contributed by atoms with Gasteiger partial charge >= 0.3 is 0 Å². The van der Waals surface area contributed by atoms with E-state index in [2.05, 4.69) is 15.2 Å². The Morgan fingerprint density at radius 1 is 1.00 bits per heavy atom. The maximum Gasteiger partial charge on any atom is 0.257 e. The lowest BCUT2D eigenvalue weighted by Crippen LogP contribution is -2.48. The Morgan fingerprint density at radius 2 is 1.65 bits per heavy atom. The number of pyridine rings is 1. The van der Waals surface area contributed by atoms with E-state index in [0.717, 1.165) is 5.69 Å². The van der Waals surface area contributed by atoms with Crippen LogP contribution in [0.25, 0.3) is 0 Å². The van der Waals surface area contributed by atoms with Crippen molar-refractivity contribution in [3.63, 3.8) is 0 Å². The van der Waals surface area contributed by atoms with Crippen LogP contribution in [0, 0.1) is 0 Å². The van der Waals surface area contributed by atoms with Crippen LogP contribution < -0.4 is 10.2 Å². The van der Waals surface area contributed by atoms with Crippen molar-refractivity contribution in [1.29, 1.82) is 0 Å². The number of aromatic nitrogens is 1. The van der Waals surface area contributed by atoms with Gasteiger partial charge in [0.15, 0.2) is 0 Å². The van der Waals surface area contributed by atoms with Gasteiger partial charge in [-0.2, -0.15) is 0 Å². The minimum absolute atomic E-state index is 0.0797. The summed E-state index contributed by atoms with van der Waals surface area (Å²) >= 11 is 11.9. The van der Waals surface area contributed by atoms with Crippen LogP contribution in [-0.4, -0.2) is 47.9 Å². The molecular weight excluding hydrogens is 375 g/mol. The molecule has 0 unspecified atom stereocenters. The number of benzene rings is 1. The summed E-state index contributed by atoms with van der Waals surface area (Å²) in [7, 11) is 0. The number of halogens is 2. The second-order valence-corrected chi connectivity index (χ2v) is 6.91. The third-order valence-corrected chi connectivity index (χ3v) is 4.63. The normalized spacial score (nSPS) is 14.3. The number of piperazine rings is 1. The molecule has 0 radical (unpaired) electrons. The van der Waals surface area contributed by atoms with Crippen molar-refractivity contribution < 1.29 is 9.59 Å². The number of rotatable bonds is 3. The summed E-state index contributed by atoms with van der Waals surface area (Å²) in [5.41, 5.74) is 1.81. The van der Waals surface area contributed by atoms with E-state index in [-0.39, 0.29) is 11.8 Å². The highest BCUT2D eigenvalue weighted by Crippen LogP contribution is 2.23. The number of carbonyl (C=O) groups excluding carboxylic acids is 2. The van der Waals surface area contributed by atoms with E-state index in [4.69, 9.17) is 23.2 Å². The fourth-order valence-corrected chi connectivity index (χ4v) is 3.36. The van der Waals surface area contributed by atoms with E-state index in [1.807, 2.05) is 4.90 Å². The summed E-state index contributed by atoms with van der Waals surface area (Å²) in [6.45, 7) is 4.30. The molecule has 26 heavy (non-hydrogen) atoms. The van der Waals surface area contributed by atoms with Gasteiger partial charge < -0.3 is 15.1 Å². The average molecular weight is 393 g/mol. The van der Waals surface area contributed by atoms with Gasteiger partial charge in [-0.05, 0) is 24.3 Å². The number of hydrogen-bond acceptors (Lipinski definition) is 4. The molecule has 1 N–H and O–H groups in total. The zero-order valence-corrected chi connectivity index (χ0v) is 15.7. The van der Waals surface area contributed by atoms with Crippen LogP contribution in [0.15, 0.2) is 36.7 Å². The van der Waals surface area contributed by atoms with Crippen molar-refractivity contribution in [2.24, 2.45) is 0 Å². The summed E-state index contributed by atoms with van der Waals surface area (Å²) in [5, 5.41) is 3.67. The Morgan fingerprint density at radius 3 is 2.27 bits per heavy atom. The molecule has 0 saturated carbocycles. The molecular formula is C18H18Cl2N4O2. The molecule has 1 aliphatic heterocycles. The Hall–Kier alpha value is -2.31. The maximum atomic E-state index is 12.5. The molecule has 1 fully saturated rings. The van der Waals surface area contributed by atoms with Crippen molar-refractivity contribution in [3.05, 3.63) is 52.3 Å². The van der Waals surface area contributed by atoms with E-state index in [0.29, 0.717) is 47.5 Å². The molecule has 1 aliphatic rings. The summed E-state index contributed by atoms with van der Waals surface area (Å²) in [6.07, 6.45) is 3.23. The van der Waals surface area contributed by atoms with Gasteiger partial charge in [-0.1, -0.05) is 23.2 Å². The van der Waals surface area contributed by atoms with Gasteiger partial charge in [0, 0.05) is 55.0 Å². The lowest BCUT2D eigenvalue weighted by atomic mass is 10.2. The number of amides is 2. The molecule has 6 nitrogen and oxygen atoms in total. The second-order valence-electron chi connectivity index (χ2n) is 6.04. The lowest BCUT2D eigenvalue weighted by Gasteiger charge is -2.35. The number of nitrogens with zero attached hydrogens (tertiary/aromatic N) is 3. The van der Waals surface area contributed by atoms with Crippen LogP contribution in [0.2, 0.25) is 10.0 Å². The molecule has 0 atom stereocenters. The monoisotopic (exact) mass is 392 g/mol. The molecule has 0 spiro atoms. The number of nitrogens with one attached hydrogen (secondary N) is 1. The van der Waals surface area contributed by atoms with E-state index in [1.54, 1.807) is 37.4 Å². The van der Waals surface area contributed by atoms with E-state index < -0.39 is 0 Å². The molecule has 2 amide bonds. The van der Waals surface area contributed by atoms with E-state index in [1.165, 1.54) is 6.20 Å². The SMILES string of the molecule is CC(=O)N1CCN(c2cncc(C(=O)Nc3cc(Cl)cc(Cl)c3)c2)CC1. The third-order valence-electron chi connectivity index (χ3n) is 4.20. The first kappa shape index (κ1) is 18.5. The van der Waals surface area contributed by atoms with Gasteiger partial charge in [0.05, 0.1) is 17.4 Å². The van der Waals surface area contributed by atoms with Crippen LogP contribution in [0.3, 0.4) is 0 Å². The topological polar surface area (TPSA) is 65.5 Å². The number of carbonyl (C=O) groups is 2. The van der Waals surface area contributed by atoms with Gasteiger partial charge in [0.2, 0.25) is 5.91 Å². The smallest absolute Gasteiger partial charge is 0.257 e. The van der Waals surface area contributed by atoms with Crippen LogP contribution in [0.5, 0.6) is 0 Å². The first-order valence-electron chi connectivity index (χ1n) is 8.15. The highest BCUT2D eigenvalue weighted by atomic mass is 35.5. The van der Waals surface area contributed by atoms with Crippen LogP contribution in [0.4, 0.5) is 11.4 Å². The number of hydrogen-bond donors (Lipinski definition) is 1. The molecule has 136 valence electrons. The molecule has 3 rings (SSSR count). The zero-order valence-electron chi connectivity index (χ0n) is 14.2. The quantitative estimate of drug-likeness (QED) is 0.869. The third kappa shape index (κ3) is 4.45. The second kappa shape index (κ2) is 7.93. The average Bonchev–Trinajstić information content (AvgIpc) is 2.61. The molecule has 0 bridgehead atoms.